The van der Waals surface area contributed by atoms with E-state index < -0.39 is 10.0 Å². The normalized spacial score (nSPS) is 15.8. The van der Waals surface area contributed by atoms with Crippen LogP contribution in [0.3, 0.4) is 0 Å². The number of hydrogen-bond donors (Lipinski definition) is 1. The van der Waals surface area contributed by atoms with Crippen LogP contribution in [-0.2, 0) is 21.4 Å². The quantitative estimate of drug-likeness (QED) is 0.562. The zero-order valence-corrected chi connectivity index (χ0v) is 18.8. The predicted octanol–water partition coefficient (Wildman–Crippen LogP) is 3.60. The van der Waals surface area contributed by atoms with E-state index in [0.29, 0.717) is 25.1 Å². The summed E-state index contributed by atoms with van der Waals surface area (Å²) < 4.78 is 51.4. The molecule has 0 atom stereocenters. The fraction of sp³-hybridized carbons (Fsp3) is 0.304. The third-order valence-corrected chi connectivity index (χ3v) is 7.64. The van der Waals surface area contributed by atoms with Crippen LogP contribution < -0.4 is 5.32 Å². The van der Waals surface area contributed by atoms with Gasteiger partial charge in [-0.15, -0.1) is 0 Å². The van der Waals surface area contributed by atoms with Crippen molar-refractivity contribution in [1.29, 1.82) is 0 Å². The lowest BCUT2D eigenvalue weighted by molar-refractivity contribution is -0.126. The van der Waals surface area contributed by atoms with Gasteiger partial charge in [-0.2, -0.15) is 4.31 Å². The maximum Gasteiger partial charge on any atom is 0.248 e. The highest BCUT2D eigenvalue weighted by molar-refractivity contribution is 7.89. The predicted molar refractivity (Wildman–Crippen MR) is 119 cm³/mol. The summed E-state index contributed by atoms with van der Waals surface area (Å²) in [6.45, 7) is 2.30. The molecule has 1 fully saturated rings. The fourth-order valence-electron chi connectivity index (χ4n) is 3.77. The Balaban J connectivity index is 1.38. The molecule has 4 rings (SSSR count). The van der Waals surface area contributed by atoms with Gasteiger partial charge in [0.05, 0.1) is 6.26 Å². The van der Waals surface area contributed by atoms with Gasteiger partial charge in [0.2, 0.25) is 15.9 Å². The van der Waals surface area contributed by atoms with Crippen molar-refractivity contribution in [2.45, 2.75) is 31.2 Å². The van der Waals surface area contributed by atoms with E-state index >= 15 is 0 Å². The zero-order chi connectivity index (χ0) is 23.4. The third kappa shape index (κ3) is 5.23. The van der Waals surface area contributed by atoms with Gasteiger partial charge < -0.3 is 14.3 Å². The second-order valence-electron chi connectivity index (χ2n) is 7.83. The van der Waals surface area contributed by atoms with Gasteiger partial charge in [-0.1, -0.05) is 17.3 Å². The monoisotopic (exact) mass is 473 g/mol. The molecular weight excluding hydrogens is 449 g/mol. The largest absolute Gasteiger partial charge is 0.465 e. The molecule has 3 aromatic rings. The van der Waals surface area contributed by atoms with E-state index in [2.05, 4.69) is 10.5 Å². The molecule has 0 unspecified atom stereocenters. The SMILES string of the molecule is Cc1noc(/C=C/c2ccco2)c1S(=O)(=O)N1CCC(C(=O)NCc2ccc(F)cc2)CC1. The fourth-order valence-corrected chi connectivity index (χ4v) is 5.49. The van der Waals surface area contributed by atoms with Gasteiger partial charge in [-0.3, -0.25) is 4.79 Å². The van der Waals surface area contributed by atoms with E-state index in [0.717, 1.165) is 5.56 Å². The summed E-state index contributed by atoms with van der Waals surface area (Å²) >= 11 is 0. The molecule has 33 heavy (non-hydrogen) atoms. The van der Waals surface area contributed by atoms with Crippen molar-refractivity contribution in [3.8, 4) is 0 Å². The smallest absolute Gasteiger partial charge is 0.248 e. The first-order valence-electron chi connectivity index (χ1n) is 10.5. The molecule has 1 aliphatic heterocycles. The maximum absolute atomic E-state index is 13.3. The Bertz CT molecular complexity index is 1230. The number of furan rings is 1. The highest BCUT2D eigenvalue weighted by atomic mass is 32.2. The number of nitrogens with zero attached hydrogens (tertiary/aromatic N) is 2. The molecule has 8 nitrogen and oxygen atoms in total. The first-order valence-corrected chi connectivity index (χ1v) is 12.0. The van der Waals surface area contributed by atoms with Crippen molar-refractivity contribution in [2.75, 3.05) is 13.1 Å². The summed E-state index contributed by atoms with van der Waals surface area (Å²) in [6.07, 6.45) is 5.44. The number of piperidine rings is 1. The van der Waals surface area contributed by atoms with Crippen LogP contribution in [-0.4, -0.2) is 36.9 Å². The van der Waals surface area contributed by atoms with Gasteiger partial charge in [-0.25, -0.2) is 12.8 Å². The lowest BCUT2D eigenvalue weighted by Gasteiger charge is -2.30. The number of benzene rings is 1. The summed E-state index contributed by atoms with van der Waals surface area (Å²) in [4.78, 5) is 12.6. The molecule has 1 aromatic carbocycles. The summed E-state index contributed by atoms with van der Waals surface area (Å²) in [7, 11) is -3.85. The molecule has 0 aliphatic carbocycles. The molecule has 0 saturated carbocycles. The first-order chi connectivity index (χ1) is 15.8. The zero-order valence-electron chi connectivity index (χ0n) is 18.0. The van der Waals surface area contributed by atoms with Gasteiger partial charge in [0, 0.05) is 25.6 Å². The molecule has 2 aromatic heterocycles. The Labute approximate surface area is 191 Å². The van der Waals surface area contributed by atoms with Crippen molar-refractivity contribution in [2.24, 2.45) is 5.92 Å². The minimum absolute atomic E-state index is 0.0181. The van der Waals surface area contributed by atoms with Gasteiger partial charge in [0.25, 0.3) is 0 Å². The molecule has 0 radical (unpaired) electrons. The Morgan fingerprint density at radius 1 is 1.21 bits per heavy atom. The number of carbonyl (C=O) groups is 1. The number of aromatic nitrogens is 1. The molecule has 1 saturated heterocycles. The molecule has 1 amide bonds. The molecule has 3 heterocycles. The van der Waals surface area contributed by atoms with Crippen LogP contribution in [0.5, 0.6) is 0 Å². The van der Waals surface area contributed by atoms with Crippen molar-refractivity contribution in [3.05, 3.63) is 71.3 Å². The molecule has 10 heteroatoms. The highest BCUT2D eigenvalue weighted by Crippen LogP contribution is 2.29. The summed E-state index contributed by atoms with van der Waals surface area (Å²) in [5.41, 5.74) is 1.07. The summed E-state index contributed by atoms with van der Waals surface area (Å²) in [5, 5.41) is 6.67. The molecule has 174 valence electrons. The van der Waals surface area contributed by atoms with E-state index in [1.54, 1.807) is 37.3 Å². The topological polar surface area (TPSA) is 106 Å². The van der Waals surface area contributed by atoms with Gasteiger partial charge in [0.1, 0.15) is 17.3 Å². The van der Waals surface area contributed by atoms with E-state index in [1.807, 2.05) is 0 Å². The number of aryl methyl sites for hydroxylation is 1. The molecule has 0 bridgehead atoms. The number of halogens is 1. The van der Waals surface area contributed by atoms with Gasteiger partial charge in [0.15, 0.2) is 10.7 Å². The first kappa shape index (κ1) is 22.9. The number of sulfonamides is 1. The molecule has 1 aliphatic rings. The van der Waals surface area contributed by atoms with Crippen LogP contribution in [0.15, 0.2) is 56.5 Å². The van der Waals surface area contributed by atoms with Crippen molar-refractivity contribution >= 4 is 28.1 Å². The van der Waals surface area contributed by atoms with Crippen LogP contribution in [0.2, 0.25) is 0 Å². The molecule has 1 N–H and O–H groups in total. The third-order valence-electron chi connectivity index (χ3n) is 5.58. The van der Waals surface area contributed by atoms with Crippen molar-refractivity contribution in [3.63, 3.8) is 0 Å². The summed E-state index contributed by atoms with van der Waals surface area (Å²) in [5.74, 6) is -0.0809. The summed E-state index contributed by atoms with van der Waals surface area (Å²) in [6, 6.07) is 9.38. The minimum Gasteiger partial charge on any atom is -0.465 e. The molecule has 0 spiro atoms. The molecular formula is C23H24FN3O5S. The Morgan fingerprint density at radius 3 is 2.61 bits per heavy atom. The maximum atomic E-state index is 13.3. The lowest BCUT2D eigenvalue weighted by atomic mass is 9.97. The van der Waals surface area contributed by atoms with Crippen LogP contribution in [0.25, 0.3) is 12.2 Å². The van der Waals surface area contributed by atoms with E-state index in [1.165, 1.54) is 28.8 Å². The van der Waals surface area contributed by atoms with Gasteiger partial charge in [-0.05, 0) is 61.7 Å². The van der Waals surface area contributed by atoms with Crippen LogP contribution in [0.4, 0.5) is 4.39 Å². The van der Waals surface area contributed by atoms with Crippen molar-refractivity contribution < 1.29 is 26.5 Å². The average Bonchev–Trinajstić information content (AvgIpc) is 3.47. The Hall–Kier alpha value is -3.24. The number of nitrogens with one attached hydrogen (secondary N) is 1. The highest BCUT2D eigenvalue weighted by Gasteiger charge is 2.35. The van der Waals surface area contributed by atoms with E-state index in [9.17, 15) is 17.6 Å². The number of amides is 1. The van der Waals surface area contributed by atoms with Crippen molar-refractivity contribution in [1.82, 2.24) is 14.8 Å². The minimum atomic E-state index is -3.85. The number of rotatable bonds is 7. The van der Waals surface area contributed by atoms with Crippen LogP contribution in [0.1, 0.15) is 35.6 Å². The van der Waals surface area contributed by atoms with Crippen LogP contribution in [0, 0.1) is 18.7 Å². The number of carbonyl (C=O) groups excluding carboxylic acids is 1. The second-order valence-corrected chi connectivity index (χ2v) is 9.71. The van der Waals surface area contributed by atoms with E-state index in [4.69, 9.17) is 8.94 Å². The standard InChI is InChI=1S/C23H24FN3O5S/c1-16-22(21(32-26-16)9-8-20-3-2-14-31-20)33(29,30)27-12-10-18(11-13-27)23(28)25-15-17-4-6-19(24)7-5-17/h2-9,14,18H,10-13,15H2,1H3,(H,25,28)/b9-8+. The Kier molecular flexibility index (Phi) is 6.75. The number of hydrogen-bond acceptors (Lipinski definition) is 6. The van der Waals surface area contributed by atoms with E-state index in [-0.39, 0.29) is 47.1 Å². The van der Waals surface area contributed by atoms with Gasteiger partial charge >= 0.3 is 0 Å². The Morgan fingerprint density at radius 2 is 1.94 bits per heavy atom. The average molecular weight is 474 g/mol. The second kappa shape index (κ2) is 9.72. The lowest BCUT2D eigenvalue weighted by Crippen LogP contribution is -2.43. The van der Waals surface area contributed by atoms with Crippen LogP contribution >= 0.6 is 0 Å².